The van der Waals surface area contributed by atoms with Crippen LogP contribution in [0.1, 0.15) is 57.4 Å². The lowest BCUT2D eigenvalue weighted by atomic mass is 9.73. The highest BCUT2D eigenvalue weighted by Crippen LogP contribution is 2.51. The molecule has 2 saturated carbocycles. The molecule has 9 rings (SSSR count). The van der Waals surface area contributed by atoms with Gasteiger partial charge in [0.15, 0.2) is 11.6 Å². The molecule has 0 radical (unpaired) electrons. The largest absolute Gasteiger partial charge is 0.480 e. The maximum Gasteiger partial charge on any atom is 0.319 e. The summed E-state index contributed by atoms with van der Waals surface area (Å²) in [7, 11) is 1.48. The molecule has 15 heteroatoms. The summed E-state index contributed by atoms with van der Waals surface area (Å²) in [6.45, 7) is 8.51. The van der Waals surface area contributed by atoms with Crippen molar-refractivity contribution in [3.05, 3.63) is 28.7 Å². The third-order valence-electron chi connectivity index (χ3n) is 12.2. The zero-order valence-electron chi connectivity index (χ0n) is 30.6. The summed E-state index contributed by atoms with van der Waals surface area (Å²) >= 11 is 6.88. The molecule has 1 aromatic carbocycles. The van der Waals surface area contributed by atoms with Crippen molar-refractivity contribution in [2.24, 2.45) is 11.3 Å². The van der Waals surface area contributed by atoms with Crippen LogP contribution in [0, 0.1) is 24.1 Å². The van der Waals surface area contributed by atoms with E-state index < -0.39 is 11.4 Å². The molecule has 2 N–H and O–H groups in total. The fourth-order valence-corrected chi connectivity index (χ4v) is 10.0. The molecule has 5 aliphatic rings. The Morgan fingerprint density at radius 2 is 1.92 bits per heavy atom. The fraction of sp³-hybridized carbons (Fsp3) is 0.632. The number of ether oxygens (including phenoxy) is 5. The number of benzene rings is 1. The summed E-state index contributed by atoms with van der Waals surface area (Å²) in [5.74, 6) is 0.00146. The Hall–Kier alpha value is -3.40. The van der Waals surface area contributed by atoms with E-state index in [2.05, 4.69) is 15.1 Å². The zero-order chi connectivity index (χ0) is 36.5. The van der Waals surface area contributed by atoms with Crippen LogP contribution in [0.4, 0.5) is 10.2 Å². The van der Waals surface area contributed by atoms with E-state index in [0.717, 1.165) is 63.6 Å². The first-order chi connectivity index (χ1) is 25.6. The molecular formula is C38H47ClFN7O6. The Morgan fingerprint density at radius 1 is 1.11 bits per heavy atom. The van der Waals surface area contributed by atoms with Crippen molar-refractivity contribution in [1.82, 2.24) is 30.0 Å². The summed E-state index contributed by atoms with van der Waals surface area (Å²) in [5, 5.41) is 19.6. The van der Waals surface area contributed by atoms with Crippen LogP contribution in [-0.2, 0) is 14.2 Å². The minimum absolute atomic E-state index is 0.00752. The number of piperidine rings is 1. The lowest BCUT2D eigenvalue weighted by Gasteiger charge is -2.50. The van der Waals surface area contributed by atoms with Gasteiger partial charge in [-0.05, 0) is 63.6 Å². The van der Waals surface area contributed by atoms with Gasteiger partial charge in [-0.2, -0.15) is 15.1 Å². The molecular weight excluding hydrogens is 705 g/mol. The lowest BCUT2D eigenvalue weighted by molar-refractivity contribution is -0.234. The number of fused-ring (bicyclic) bond motifs is 3. The summed E-state index contributed by atoms with van der Waals surface area (Å²) in [6, 6.07) is 2.31. The predicted octanol–water partition coefficient (Wildman–Crippen LogP) is 5.43. The predicted molar refractivity (Wildman–Crippen MR) is 196 cm³/mol. The number of methoxy groups -OCH3 is 1. The Morgan fingerprint density at radius 3 is 2.74 bits per heavy atom. The number of H-pyrrole nitrogens is 1. The van der Waals surface area contributed by atoms with Gasteiger partial charge in [0.1, 0.15) is 28.0 Å². The molecule has 6 heterocycles. The van der Waals surface area contributed by atoms with Gasteiger partial charge in [0.05, 0.1) is 63.4 Å². The number of pyridine rings is 1. The molecule has 3 aromatic heterocycles. The molecule has 4 aromatic rings. The molecule has 1 spiro atoms. The standard InChI is InChI=1S/C38H47ClFN7O6/c1-22-14-25-24(17-41-45-25)27(29(22)39)31-30(40)32-28(34(42-31)49-3)33(47-10-11-50-20-36(2,48)19-47)44-35(43-32)51-21-37-7-4-6-26(37)46(9-5-8-37)18-23-15-38(16-23)52-12-13-53-38/h14,17,23,26,48H,4-13,15-16,18-21H2,1-3H3,(H,41,45). The molecule has 0 amide bonds. The van der Waals surface area contributed by atoms with Crippen LogP contribution in [0.3, 0.4) is 0 Å². The van der Waals surface area contributed by atoms with Gasteiger partial charge in [0.25, 0.3) is 0 Å². The topological polar surface area (TPSA) is 140 Å². The first-order valence-corrected chi connectivity index (χ1v) is 19.2. The highest BCUT2D eigenvalue weighted by molar-refractivity contribution is 6.35. The molecule has 3 unspecified atom stereocenters. The van der Waals surface area contributed by atoms with E-state index in [0.29, 0.717) is 72.2 Å². The van der Waals surface area contributed by atoms with Crippen LogP contribution in [-0.4, -0.2) is 119 Å². The van der Waals surface area contributed by atoms with Crippen molar-refractivity contribution >= 4 is 39.2 Å². The van der Waals surface area contributed by atoms with Crippen LogP contribution in [0.15, 0.2) is 12.3 Å². The van der Waals surface area contributed by atoms with E-state index in [4.69, 9.17) is 50.2 Å². The number of aromatic nitrogens is 5. The van der Waals surface area contributed by atoms with E-state index in [-0.39, 0.29) is 52.8 Å². The van der Waals surface area contributed by atoms with E-state index >= 15 is 4.39 Å². The third-order valence-corrected chi connectivity index (χ3v) is 12.7. The van der Waals surface area contributed by atoms with Crippen molar-refractivity contribution in [3.8, 4) is 23.1 Å². The molecule has 13 nitrogen and oxygen atoms in total. The van der Waals surface area contributed by atoms with Gasteiger partial charge in [-0.15, -0.1) is 0 Å². The number of nitrogens with zero attached hydrogens (tertiary/aromatic N) is 6. The number of β-amino-alcohol motifs (C(OH)–C–C–N with tert-alkyl or cyclic N) is 1. The third kappa shape index (κ3) is 6.19. The van der Waals surface area contributed by atoms with Crippen molar-refractivity contribution in [3.63, 3.8) is 0 Å². The molecule has 3 saturated heterocycles. The monoisotopic (exact) mass is 751 g/mol. The zero-order valence-corrected chi connectivity index (χ0v) is 31.3. The van der Waals surface area contributed by atoms with Gasteiger partial charge in [-0.25, -0.2) is 9.37 Å². The number of rotatable bonds is 8. The summed E-state index contributed by atoms with van der Waals surface area (Å²) in [4.78, 5) is 19.0. The number of likely N-dealkylation sites (tertiary alicyclic amines) is 1. The number of nitrogens with one attached hydrogen (secondary N) is 1. The van der Waals surface area contributed by atoms with Gasteiger partial charge in [0, 0.05) is 48.3 Å². The molecule has 53 heavy (non-hydrogen) atoms. The molecule has 3 atom stereocenters. The van der Waals surface area contributed by atoms with Crippen LogP contribution < -0.4 is 14.4 Å². The Labute approximate surface area is 312 Å². The second-order valence-electron chi connectivity index (χ2n) is 16.1. The molecule has 5 fully saturated rings. The SMILES string of the molecule is COc1nc(-c2c(Cl)c(C)cc3[nH]ncc23)c(F)c2nc(OCC34CCCC3N(CC3CC5(C3)OCCO5)CCC4)nc(N3CCOCC(C)(O)C3)c12. The van der Waals surface area contributed by atoms with Crippen molar-refractivity contribution < 1.29 is 33.2 Å². The van der Waals surface area contributed by atoms with E-state index in [1.807, 2.05) is 17.9 Å². The van der Waals surface area contributed by atoms with E-state index in [9.17, 15) is 5.11 Å². The van der Waals surface area contributed by atoms with Crippen LogP contribution in [0.2, 0.25) is 5.02 Å². The van der Waals surface area contributed by atoms with E-state index in [1.165, 1.54) is 7.11 Å². The number of aryl methyl sites for hydroxylation is 1. The average Bonchev–Trinajstić information content (AvgIpc) is 3.88. The maximum atomic E-state index is 17.2. The van der Waals surface area contributed by atoms with Crippen molar-refractivity contribution in [2.45, 2.75) is 76.2 Å². The Kier molecular flexibility index (Phi) is 8.94. The number of hydrogen-bond acceptors (Lipinski definition) is 12. The second kappa shape index (κ2) is 13.4. The van der Waals surface area contributed by atoms with Gasteiger partial charge in [-0.3, -0.25) is 10.00 Å². The smallest absolute Gasteiger partial charge is 0.319 e. The fourth-order valence-electron chi connectivity index (χ4n) is 9.78. The van der Waals surface area contributed by atoms with Gasteiger partial charge in [0.2, 0.25) is 5.88 Å². The molecule has 3 aliphatic heterocycles. The van der Waals surface area contributed by atoms with Crippen LogP contribution in [0.25, 0.3) is 33.1 Å². The molecule has 284 valence electrons. The number of aliphatic hydroxyl groups is 1. The Bertz CT molecular complexity index is 2030. The first kappa shape index (κ1) is 35.3. The number of aromatic amines is 1. The van der Waals surface area contributed by atoms with Gasteiger partial charge >= 0.3 is 6.01 Å². The summed E-state index contributed by atoms with van der Waals surface area (Å²) in [6.07, 6.45) is 8.92. The minimum Gasteiger partial charge on any atom is -0.480 e. The first-order valence-electron chi connectivity index (χ1n) is 18.9. The normalized spacial score (nSPS) is 27.7. The number of halogens is 2. The van der Waals surface area contributed by atoms with Gasteiger partial charge in [-0.1, -0.05) is 18.0 Å². The highest BCUT2D eigenvalue weighted by atomic mass is 35.5. The van der Waals surface area contributed by atoms with E-state index in [1.54, 1.807) is 13.1 Å². The maximum absolute atomic E-state index is 17.2. The number of hydrogen-bond donors (Lipinski definition) is 2. The second-order valence-corrected chi connectivity index (χ2v) is 16.4. The molecule has 0 bridgehead atoms. The summed E-state index contributed by atoms with van der Waals surface area (Å²) < 4.78 is 47.3. The van der Waals surface area contributed by atoms with Crippen LogP contribution >= 0.6 is 11.6 Å². The average molecular weight is 752 g/mol. The van der Waals surface area contributed by atoms with Crippen molar-refractivity contribution in [2.75, 3.05) is 71.2 Å². The highest BCUT2D eigenvalue weighted by Gasteiger charge is 2.53. The quantitative estimate of drug-likeness (QED) is 0.237. The number of anilines is 1. The summed E-state index contributed by atoms with van der Waals surface area (Å²) in [5.41, 5.74) is 0.549. The Balaban J connectivity index is 1.09. The molecule has 2 aliphatic carbocycles. The lowest BCUT2D eigenvalue weighted by Crippen LogP contribution is -2.56. The van der Waals surface area contributed by atoms with Gasteiger partial charge < -0.3 is 33.7 Å². The van der Waals surface area contributed by atoms with Crippen molar-refractivity contribution in [1.29, 1.82) is 0 Å². The van der Waals surface area contributed by atoms with Crippen LogP contribution in [0.5, 0.6) is 11.9 Å². The minimum atomic E-state index is -1.19.